The number of anilines is 1. The fraction of sp³-hybridized carbons (Fsp3) is 0. The van der Waals surface area contributed by atoms with Crippen molar-refractivity contribution < 1.29 is 19.2 Å². The molecule has 5 aromatic carbocycles. The molecule has 5 aromatic rings. The molecule has 0 radical (unpaired) electrons. The van der Waals surface area contributed by atoms with Gasteiger partial charge in [0, 0.05) is 40.1 Å². The van der Waals surface area contributed by atoms with Crippen LogP contribution >= 0.6 is 0 Å². The van der Waals surface area contributed by atoms with E-state index in [1.807, 2.05) is 0 Å². The molecule has 0 N–H and O–H groups in total. The molecule has 0 aliphatic rings. The predicted molar refractivity (Wildman–Crippen MR) is 168 cm³/mol. The fourth-order valence-electron chi connectivity index (χ4n) is 4.54. The Hall–Kier alpha value is -5.94. The van der Waals surface area contributed by atoms with Crippen molar-refractivity contribution in [3.05, 3.63) is 197 Å². The van der Waals surface area contributed by atoms with E-state index in [1.165, 1.54) is 17.1 Å². The van der Waals surface area contributed by atoms with E-state index in [0.29, 0.717) is 27.9 Å². The third-order valence-corrected chi connectivity index (χ3v) is 6.69. The summed E-state index contributed by atoms with van der Waals surface area (Å²) in [5, 5.41) is 0. The summed E-state index contributed by atoms with van der Waals surface area (Å²) in [4.78, 5) is 57.1. The van der Waals surface area contributed by atoms with Crippen molar-refractivity contribution >= 4 is 28.8 Å². The quantitative estimate of drug-likeness (QED) is 0.122. The van der Waals surface area contributed by atoms with Gasteiger partial charge in [-0.25, -0.2) is 0 Å². The molecule has 208 valence electrons. The molecule has 43 heavy (non-hydrogen) atoms. The molecule has 0 atom stereocenters. The van der Waals surface area contributed by atoms with Gasteiger partial charge in [-0.05, 0) is 12.1 Å². The van der Waals surface area contributed by atoms with E-state index < -0.39 is 23.1 Å². The summed E-state index contributed by atoms with van der Waals surface area (Å²) in [6, 6.07) is 42.9. The van der Waals surface area contributed by atoms with Gasteiger partial charge in [0.2, 0.25) is 11.6 Å². The Labute approximate surface area is 250 Å². The number of nitrogens with zero attached hydrogens (tertiary/aromatic N) is 1. The second-order valence-corrected chi connectivity index (χ2v) is 9.58. The van der Waals surface area contributed by atoms with Crippen LogP contribution in [0.3, 0.4) is 0 Å². The first kappa shape index (κ1) is 28.6. The average Bonchev–Trinajstić information content (AvgIpc) is 3.08. The molecule has 0 bridgehead atoms. The minimum atomic E-state index is -0.493. The van der Waals surface area contributed by atoms with Gasteiger partial charge < -0.3 is 4.90 Å². The Morgan fingerprint density at radius 2 is 0.651 bits per heavy atom. The van der Waals surface area contributed by atoms with Crippen LogP contribution in [0.15, 0.2) is 175 Å². The lowest BCUT2D eigenvalue weighted by atomic mass is 9.99. The zero-order chi connectivity index (χ0) is 30.0. The molecular weight excluding hydrogens is 534 g/mol. The SMILES string of the molecule is O=C(/C=C(\C(=O)c1ccccc1)N(/C(=C/C(=O)c1ccccc1)C(=O)c1ccccc1)c1ccccc1)c1ccccc1. The Morgan fingerprint density at radius 1 is 0.372 bits per heavy atom. The molecule has 5 nitrogen and oxygen atoms in total. The molecule has 0 heterocycles. The van der Waals surface area contributed by atoms with E-state index in [2.05, 4.69) is 0 Å². The summed E-state index contributed by atoms with van der Waals surface area (Å²) in [7, 11) is 0. The molecular formula is C38H27NO4. The topological polar surface area (TPSA) is 71.5 Å². The number of hydrogen-bond donors (Lipinski definition) is 0. The molecule has 0 aliphatic heterocycles. The summed E-state index contributed by atoms with van der Waals surface area (Å²) >= 11 is 0. The van der Waals surface area contributed by atoms with Crippen LogP contribution in [0.1, 0.15) is 41.4 Å². The van der Waals surface area contributed by atoms with Crippen molar-refractivity contribution in [3.8, 4) is 0 Å². The molecule has 0 spiro atoms. The number of ketones is 4. The van der Waals surface area contributed by atoms with Gasteiger partial charge in [-0.2, -0.15) is 0 Å². The lowest BCUT2D eigenvalue weighted by Crippen LogP contribution is -2.32. The molecule has 5 rings (SSSR count). The fourth-order valence-corrected chi connectivity index (χ4v) is 4.54. The van der Waals surface area contributed by atoms with Crippen LogP contribution in [0.4, 0.5) is 5.69 Å². The number of carbonyl (C=O) groups is 4. The largest absolute Gasteiger partial charge is 0.303 e. The first-order valence-corrected chi connectivity index (χ1v) is 13.7. The van der Waals surface area contributed by atoms with Crippen LogP contribution in [0.25, 0.3) is 0 Å². The molecule has 5 heteroatoms. The van der Waals surface area contributed by atoms with Gasteiger partial charge in [0.25, 0.3) is 0 Å². The summed E-state index contributed by atoms with van der Waals surface area (Å²) < 4.78 is 0. The van der Waals surface area contributed by atoms with Gasteiger partial charge in [0.1, 0.15) is 0 Å². The Balaban J connectivity index is 1.78. The number of benzene rings is 5. The maximum atomic E-state index is 14.3. The summed E-state index contributed by atoms with van der Waals surface area (Å²) in [5.74, 6) is -1.84. The lowest BCUT2D eigenvalue weighted by molar-refractivity contribution is 0.0994. The highest BCUT2D eigenvalue weighted by Crippen LogP contribution is 2.30. The van der Waals surface area contributed by atoms with Crippen molar-refractivity contribution in [2.75, 3.05) is 4.90 Å². The lowest BCUT2D eigenvalue weighted by Gasteiger charge is -2.29. The third-order valence-electron chi connectivity index (χ3n) is 6.69. The minimum absolute atomic E-state index is 0.0809. The summed E-state index contributed by atoms with van der Waals surface area (Å²) in [6.45, 7) is 0. The standard InChI is InChI=1S/C38H27NO4/c40-35(28-16-6-1-7-17-28)26-33(37(42)30-20-10-3-11-21-30)39(32-24-14-5-15-25-32)34(38(43)31-22-12-4-13-23-31)27-36(41)29-18-8-2-9-19-29/h1-27H/b33-26+,34-27+. The van der Waals surface area contributed by atoms with Gasteiger partial charge in [-0.15, -0.1) is 0 Å². The van der Waals surface area contributed by atoms with E-state index in [-0.39, 0.29) is 11.4 Å². The van der Waals surface area contributed by atoms with E-state index in [1.54, 1.807) is 152 Å². The monoisotopic (exact) mass is 561 g/mol. The minimum Gasteiger partial charge on any atom is -0.303 e. The van der Waals surface area contributed by atoms with Crippen LogP contribution in [0.5, 0.6) is 0 Å². The maximum Gasteiger partial charge on any atom is 0.209 e. The summed E-state index contributed by atoms with van der Waals surface area (Å²) in [5.41, 5.74) is 1.64. The van der Waals surface area contributed by atoms with E-state index in [0.717, 1.165) is 0 Å². The molecule has 0 amide bonds. The highest BCUT2D eigenvalue weighted by molar-refractivity contribution is 6.22. The van der Waals surface area contributed by atoms with E-state index in [4.69, 9.17) is 0 Å². The number of para-hydroxylation sites is 1. The molecule has 0 saturated heterocycles. The van der Waals surface area contributed by atoms with Crippen LogP contribution in [-0.4, -0.2) is 23.1 Å². The van der Waals surface area contributed by atoms with Crippen molar-refractivity contribution in [1.29, 1.82) is 0 Å². The van der Waals surface area contributed by atoms with Crippen LogP contribution in [0, 0.1) is 0 Å². The Kier molecular flexibility index (Phi) is 9.05. The smallest absolute Gasteiger partial charge is 0.209 e. The third kappa shape index (κ3) is 6.87. The Bertz CT molecular complexity index is 1680. The number of hydrogen-bond acceptors (Lipinski definition) is 5. The van der Waals surface area contributed by atoms with Gasteiger partial charge in [-0.3, -0.25) is 19.2 Å². The first-order valence-electron chi connectivity index (χ1n) is 13.7. The number of rotatable bonds is 11. The number of carbonyl (C=O) groups excluding carboxylic acids is 4. The molecule has 0 fully saturated rings. The van der Waals surface area contributed by atoms with Gasteiger partial charge >= 0.3 is 0 Å². The maximum absolute atomic E-state index is 14.3. The van der Waals surface area contributed by atoms with Crippen LogP contribution < -0.4 is 4.90 Å². The van der Waals surface area contributed by atoms with Gasteiger partial charge in [0.15, 0.2) is 11.6 Å². The summed E-state index contributed by atoms with van der Waals surface area (Å²) in [6.07, 6.45) is 2.47. The second kappa shape index (κ2) is 13.6. The first-order chi connectivity index (χ1) is 21.0. The predicted octanol–water partition coefficient (Wildman–Crippen LogP) is 7.79. The van der Waals surface area contributed by atoms with E-state index >= 15 is 0 Å². The van der Waals surface area contributed by atoms with Gasteiger partial charge in [-0.1, -0.05) is 140 Å². The average molecular weight is 562 g/mol. The van der Waals surface area contributed by atoms with Crippen molar-refractivity contribution in [2.24, 2.45) is 0 Å². The van der Waals surface area contributed by atoms with Gasteiger partial charge in [0.05, 0.1) is 11.4 Å². The normalized spacial score (nSPS) is 11.4. The zero-order valence-electron chi connectivity index (χ0n) is 23.2. The molecule has 0 aliphatic carbocycles. The molecule has 0 saturated carbocycles. The second-order valence-electron chi connectivity index (χ2n) is 9.58. The highest BCUT2D eigenvalue weighted by atomic mass is 16.1. The molecule has 0 aromatic heterocycles. The van der Waals surface area contributed by atoms with E-state index in [9.17, 15) is 19.2 Å². The van der Waals surface area contributed by atoms with Crippen molar-refractivity contribution in [3.63, 3.8) is 0 Å². The Morgan fingerprint density at radius 3 is 0.977 bits per heavy atom. The van der Waals surface area contributed by atoms with Crippen molar-refractivity contribution in [2.45, 2.75) is 0 Å². The van der Waals surface area contributed by atoms with Crippen LogP contribution in [0.2, 0.25) is 0 Å². The van der Waals surface area contributed by atoms with Crippen molar-refractivity contribution in [1.82, 2.24) is 0 Å². The zero-order valence-corrected chi connectivity index (χ0v) is 23.2. The molecule has 0 unspecified atom stereocenters. The number of allylic oxidation sites excluding steroid dienone is 4. The van der Waals surface area contributed by atoms with Crippen LogP contribution in [-0.2, 0) is 0 Å². The number of Topliss-reactive ketones (excluding diaryl/α,β-unsaturated/α-hetero) is 2. The highest BCUT2D eigenvalue weighted by Gasteiger charge is 2.30.